The van der Waals surface area contributed by atoms with E-state index in [0.29, 0.717) is 11.4 Å². The van der Waals surface area contributed by atoms with Gasteiger partial charge >= 0.3 is 0 Å². The Hall–Kier alpha value is -2.76. The van der Waals surface area contributed by atoms with E-state index < -0.39 is 0 Å². The molecule has 2 aromatic rings. The molecule has 0 fully saturated rings. The maximum atomic E-state index is 6.13. The Labute approximate surface area is 141 Å². The van der Waals surface area contributed by atoms with E-state index in [0.717, 1.165) is 37.7 Å². The van der Waals surface area contributed by atoms with Crippen molar-refractivity contribution >= 4 is 22.7 Å². The van der Waals surface area contributed by atoms with Crippen LogP contribution < -0.4 is 30.7 Å². The van der Waals surface area contributed by atoms with E-state index in [4.69, 9.17) is 20.9 Å². The minimum absolute atomic E-state index is 0.672. The number of nitrogen functional groups attached to an aromatic ring is 2. The number of methoxy groups -OCH3 is 2. The third-order valence-electron chi connectivity index (χ3n) is 4.91. The standard InChI is InChI=1S/C18H22N4O2/c1-23-17-5-11-9-21-3-4-22(15(11)7-13(17)19)10-12-6-18(24-2)14(20)8-16(12)21/h5-8H,3-4,9-10,19-20H2,1-2H3. The summed E-state index contributed by atoms with van der Waals surface area (Å²) in [5.74, 6) is 1.45. The van der Waals surface area contributed by atoms with E-state index in [9.17, 15) is 0 Å². The normalized spacial score (nSPS) is 15.4. The molecular weight excluding hydrogens is 304 g/mol. The molecule has 2 aliphatic heterocycles. The molecule has 0 saturated carbocycles. The van der Waals surface area contributed by atoms with Gasteiger partial charge in [0.1, 0.15) is 11.5 Å². The van der Waals surface area contributed by atoms with Gasteiger partial charge in [0.25, 0.3) is 0 Å². The zero-order chi connectivity index (χ0) is 16.8. The summed E-state index contributed by atoms with van der Waals surface area (Å²) < 4.78 is 10.8. The van der Waals surface area contributed by atoms with Crippen LogP contribution in [0.2, 0.25) is 0 Å². The van der Waals surface area contributed by atoms with Crippen molar-refractivity contribution in [2.45, 2.75) is 13.1 Å². The number of ether oxygens (including phenoxy) is 2. The van der Waals surface area contributed by atoms with Crippen molar-refractivity contribution in [1.82, 2.24) is 0 Å². The summed E-state index contributed by atoms with van der Waals surface area (Å²) in [5, 5.41) is 0. The number of benzene rings is 2. The van der Waals surface area contributed by atoms with E-state index in [1.807, 2.05) is 24.3 Å². The van der Waals surface area contributed by atoms with Crippen LogP contribution in [0.4, 0.5) is 22.7 Å². The molecule has 6 heteroatoms. The lowest BCUT2D eigenvalue weighted by molar-refractivity contribution is 0.416. The predicted octanol–water partition coefficient (Wildman–Crippen LogP) is 2.21. The van der Waals surface area contributed by atoms with Crippen LogP contribution in [0.3, 0.4) is 0 Å². The molecule has 2 aliphatic rings. The second-order valence-electron chi connectivity index (χ2n) is 6.29. The zero-order valence-electron chi connectivity index (χ0n) is 14.0. The lowest BCUT2D eigenvalue weighted by atomic mass is 10.0. The van der Waals surface area contributed by atoms with Crippen LogP contribution in [0.25, 0.3) is 0 Å². The fourth-order valence-corrected chi connectivity index (χ4v) is 3.67. The molecule has 0 radical (unpaired) electrons. The van der Waals surface area contributed by atoms with Gasteiger partial charge in [0.15, 0.2) is 0 Å². The first-order valence-electron chi connectivity index (χ1n) is 8.03. The summed E-state index contributed by atoms with van der Waals surface area (Å²) in [5.41, 5.74) is 18.4. The number of fused-ring (bicyclic) bond motifs is 7. The topological polar surface area (TPSA) is 77.0 Å². The lowest BCUT2D eigenvalue weighted by Crippen LogP contribution is -2.26. The highest BCUT2D eigenvalue weighted by molar-refractivity contribution is 5.74. The second-order valence-corrected chi connectivity index (χ2v) is 6.29. The summed E-state index contributed by atoms with van der Waals surface area (Å²) in [6, 6.07) is 8.15. The Bertz CT molecular complexity index is 739. The third-order valence-corrected chi connectivity index (χ3v) is 4.91. The summed E-state index contributed by atoms with van der Waals surface area (Å²) in [7, 11) is 3.30. The highest BCUT2D eigenvalue weighted by Crippen LogP contribution is 2.41. The summed E-state index contributed by atoms with van der Waals surface area (Å²) in [6.45, 7) is 3.49. The molecule has 0 unspecified atom stereocenters. The van der Waals surface area contributed by atoms with Crippen LogP contribution >= 0.6 is 0 Å². The number of nitrogens with two attached hydrogens (primary N) is 2. The second kappa shape index (κ2) is 5.40. The zero-order valence-corrected chi connectivity index (χ0v) is 14.0. The lowest BCUT2D eigenvalue weighted by Gasteiger charge is -2.29. The Balaban J connectivity index is 1.84. The van der Waals surface area contributed by atoms with Crippen molar-refractivity contribution in [3.63, 3.8) is 0 Å². The van der Waals surface area contributed by atoms with Gasteiger partial charge in [-0.05, 0) is 35.4 Å². The van der Waals surface area contributed by atoms with E-state index in [1.165, 1.54) is 22.5 Å². The van der Waals surface area contributed by atoms with Crippen LogP contribution in [0.5, 0.6) is 11.5 Å². The van der Waals surface area contributed by atoms with Gasteiger partial charge in [-0.3, -0.25) is 0 Å². The van der Waals surface area contributed by atoms with Crippen molar-refractivity contribution < 1.29 is 9.47 Å². The van der Waals surface area contributed by atoms with Gasteiger partial charge in [-0.15, -0.1) is 0 Å². The van der Waals surface area contributed by atoms with Crippen molar-refractivity contribution in [2.24, 2.45) is 0 Å². The average molecular weight is 326 g/mol. The Kier molecular flexibility index (Phi) is 3.33. The molecule has 24 heavy (non-hydrogen) atoms. The fourth-order valence-electron chi connectivity index (χ4n) is 3.67. The number of nitrogens with zero attached hydrogens (tertiary/aromatic N) is 2. The van der Waals surface area contributed by atoms with Gasteiger partial charge in [-0.25, -0.2) is 0 Å². The number of hydrogen-bond donors (Lipinski definition) is 2. The van der Waals surface area contributed by atoms with Crippen molar-refractivity contribution in [1.29, 1.82) is 0 Å². The molecule has 0 saturated heterocycles. The van der Waals surface area contributed by atoms with Crippen LogP contribution in [-0.2, 0) is 13.1 Å². The minimum Gasteiger partial charge on any atom is -0.495 e. The van der Waals surface area contributed by atoms with E-state index in [-0.39, 0.29) is 0 Å². The predicted molar refractivity (Wildman–Crippen MR) is 96.9 cm³/mol. The summed E-state index contributed by atoms with van der Waals surface area (Å²) >= 11 is 0. The molecule has 0 atom stereocenters. The van der Waals surface area contributed by atoms with Crippen molar-refractivity contribution in [3.8, 4) is 11.5 Å². The van der Waals surface area contributed by atoms with Gasteiger partial charge in [0.05, 0.1) is 25.6 Å². The molecule has 6 nitrogen and oxygen atoms in total. The smallest absolute Gasteiger partial charge is 0.142 e. The molecule has 4 rings (SSSR count). The van der Waals surface area contributed by atoms with Gasteiger partial charge in [0, 0.05) is 37.6 Å². The Morgan fingerprint density at radius 3 is 1.54 bits per heavy atom. The maximum Gasteiger partial charge on any atom is 0.142 e. The van der Waals surface area contributed by atoms with E-state index in [1.54, 1.807) is 14.2 Å². The van der Waals surface area contributed by atoms with Gasteiger partial charge in [-0.2, -0.15) is 0 Å². The quantitative estimate of drug-likeness (QED) is 0.824. The first-order chi connectivity index (χ1) is 11.6. The van der Waals surface area contributed by atoms with Crippen LogP contribution in [-0.4, -0.2) is 27.3 Å². The first-order valence-corrected chi connectivity index (χ1v) is 8.03. The largest absolute Gasteiger partial charge is 0.495 e. The molecule has 126 valence electrons. The van der Waals surface area contributed by atoms with Crippen molar-refractivity contribution in [3.05, 3.63) is 35.4 Å². The van der Waals surface area contributed by atoms with Crippen LogP contribution in [0, 0.1) is 0 Å². The van der Waals surface area contributed by atoms with Gasteiger partial charge in [-0.1, -0.05) is 0 Å². The number of rotatable bonds is 2. The molecule has 2 aromatic carbocycles. The Morgan fingerprint density at radius 1 is 0.750 bits per heavy atom. The number of hydrogen-bond acceptors (Lipinski definition) is 6. The highest BCUT2D eigenvalue weighted by atomic mass is 16.5. The summed E-state index contributed by atoms with van der Waals surface area (Å²) in [4.78, 5) is 4.74. The minimum atomic E-state index is 0.672. The van der Waals surface area contributed by atoms with Crippen LogP contribution in [0.15, 0.2) is 24.3 Å². The first kappa shape index (κ1) is 14.8. The van der Waals surface area contributed by atoms with Crippen molar-refractivity contribution in [2.75, 3.05) is 48.6 Å². The fraction of sp³-hybridized carbons (Fsp3) is 0.333. The molecule has 0 amide bonds. The van der Waals surface area contributed by atoms with E-state index in [2.05, 4.69) is 9.80 Å². The van der Waals surface area contributed by atoms with Crippen LogP contribution in [0.1, 0.15) is 11.1 Å². The third kappa shape index (κ3) is 2.18. The maximum absolute atomic E-state index is 6.13. The average Bonchev–Trinajstić information content (AvgIpc) is 2.85. The number of anilines is 4. The molecule has 0 aromatic heterocycles. The molecular formula is C18H22N4O2. The molecule has 2 bridgehead atoms. The monoisotopic (exact) mass is 326 g/mol. The molecule has 0 spiro atoms. The van der Waals surface area contributed by atoms with E-state index >= 15 is 0 Å². The Morgan fingerprint density at radius 2 is 1.17 bits per heavy atom. The van der Waals surface area contributed by atoms with Gasteiger partial charge < -0.3 is 30.7 Å². The molecule has 4 N–H and O–H groups in total. The molecule has 2 heterocycles. The summed E-state index contributed by atoms with van der Waals surface area (Å²) in [6.07, 6.45) is 0. The highest BCUT2D eigenvalue weighted by Gasteiger charge is 2.28. The van der Waals surface area contributed by atoms with Gasteiger partial charge in [0.2, 0.25) is 0 Å². The SMILES string of the molecule is COc1cc2c(cc1N)N1CCN(C2)c2cc(N)c(OC)cc2C1. The molecule has 0 aliphatic carbocycles.